The minimum absolute atomic E-state index is 0.00787. The monoisotopic (exact) mass is 345 g/mol. The van der Waals surface area contributed by atoms with Crippen molar-refractivity contribution in [2.75, 3.05) is 6.54 Å². The molecule has 0 saturated heterocycles. The van der Waals surface area contributed by atoms with Gasteiger partial charge in [-0.25, -0.2) is 13.1 Å². The van der Waals surface area contributed by atoms with Gasteiger partial charge in [0.05, 0.1) is 4.34 Å². The van der Waals surface area contributed by atoms with E-state index in [1.807, 2.05) is 0 Å². The molecule has 0 saturated carbocycles. The van der Waals surface area contributed by atoms with Gasteiger partial charge >= 0.3 is 5.97 Å². The van der Waals surface area contributed by atoms with Crippen LogP contribution in [0.4, 0.5) is 0 Å². The predicted molar refractivity (Wildman–Crippen MR) is 75.6 cm³/mol. The number of rotatable bonds is 7. The third-order valence-electron chi connectivity index (χ3n) is 2.39. The third kappa shape index (κ3) is 5.27. The number of sulfonamides is 1. The van der Waals surface area contributed by atoms with Crippen molar-refractivity contribution in [2.45, 2.75) is 24.7 Å². The van der Waals surface area contributed by atoms with Crippen molar-refractivity contribution < 1.29 is 18.3 Å². The highest BCUT2D eigenvalue weighted by atomic mass is 35.5. The molecule has 0 aliphatic rings. The van der Waals surface area contributed by atoms with Crippen LogP contribution >= 0.6 is 34.5 Å². The number of carboxylic acid groups (broad SMARTS) is 1. The number of carboxylic acids is 1. The summed E-state index contributed by atoms with van der Waals surface area (Å²) in [6, 6.07) is 1.29. The highest BCUT2D eigenvalue weighted by molar-refractivity contribution is 7.89. The Morgan fingerprint density at radius 1 is 1.53 bits per heavy atom. The second-order valence-corrected chi connectivity index (χ2v) is 8.10. The number of thiophene rings is 1. The Bertz CT molecular complexity index is 556. The van der Waals surface area contributed by atoms with Gasteiger partial charge in [0, 0.05) is 13.0 Å². The fourth-order valence-electron chi connectivity index (χ4n) is 1.31. The Balaban J connectivity index is 2.61. The minimum atomic E-state index is -3.71. The molecular formula is C10H13Cl2NO4S2. The number of carbonyl (C=O) groups is 1. The highest BCUT2D eigenvalue weighted by Crippen LogP contribution is 2.34. The van der Waals surface area contributed by atoms with Crippen molar-refractivity contribution in [3.05, 3.63) is 14.7 Å². The first-order valence-electron chi connectivity index (χ1n) is 5.38. The molecule has 19 heavy (non-hydrogen) atoms. The zero-order valence-electron chi connectivity index (χ0n) is 10.0. The first kappa shape index (κ1) is 16.7. The van der Waals surface area contributed by atoms with E-state index in [2.05, 4.69) is 4.72 Å². The lowest BCUT2D eigenvalue weighted by Gasteiger charge is -2.11. The van der Waals surface area contributed by atoms with Gasteiger partial charge in [-0.3, -0.25) is 4.79 Å². The average molecular weight is 346 g/mol. The zero-order chi connectivity index (χ0) is 14.6. The van der Waals surface area contributed by atoms with Crippen LogP contribution in [0.1, 0.15) is 19.8 Å². The van der Waals surface area contributed by atoms with Crippen LogP contribution in [0.5, 0.6) is 0 Å². The standard InChI is InChI=1S/C10H13Cl2NO4S2/c1-6(2-3-9(14)15)5-13-19(16,17)7-4-8(11)18-10(7)12/h4,6,13H,2-3,5H2,1H3,(H,14,15). The first-order valence-corrected chi connectivity index (χ1v) is 8.44. The normalized spacial score (nSPS) is 13.4. The molecule has 5 nitrogen and oxygen atoms in total. The lowest BCUT2D eigenvalue weighted by atomic mass is 10.1. The molecule has 1 aromatic heterocycles. The maximum absolute atomic E-state index is 11.9. The fourth-order valence-corrected chi connectivity index (χ4v) is 4.62. The molecule has 0 amide bonds. The van der Waals surface area contributed by atoms with E-state index in [9.17, 15) is 13.2 Å². The molecule has 1 unspecified atom stereocenters. The van der Waals surface area contributed by atoms with Gasteiger partial charge in [-0.1, -0.05) is 30.1 Å². The molecule has 108 valence electrons. The Hall–Kier alpha value is -0.340. The highest BCUT2D eigenvalue weighted by Gasteiger charge is 2.21. The van der Waals surface area contributed by atoms with Crippen LogP contribution in [0, 0.1) is 5.92 Å². The van der Waals surface area contributed by atoms with Crippen molar-refractivity contribution in [1.82, 2.24) is 4.72 Å². The maximum atomic E-state index is 11.9. The third-order valence-corrected chi connectivity index (χ3v) is 5.56. The number of hydrogen-bond acceptors (Lipinski definition) is 4. The van der Waals surface area contributed by atoms with Gasteiger partial charge in [-0.15, -0.1) is 11.3 Å². The van der Waals surface area contributed by atoms with Crippen molar-refractivity contribution in [3.63, 3.8) is 0 Å². The van der Waals surface area contributed by atoms with Crippen LogP contribution in [0.2, 0.25) is 8.67 Å². The van der Waals surface area contributed by atoms with Gasteiger partial charge in [0.2, 0.25) is 10.0 Å². The predicted octanol–water partition coefficient (Wildman–Crippen LogP) is 2.83. The van der Waals surface area contributed by atoms with Crippen LogP contribution in [-0.2, 0) is 14.8 Å². The lowest BCUT2D eigenvalue weighted by molar-refractivity contribution is -0.137. The summed E-state index contributed by atoms with van der Waals surface area (Å²) in [5.74, 6) is -0.985. The lowest BCUT2D eigenvalue weighted by Crippen LogP contribution is -2.28. The SMILES string of the molecule is CC(CCC(=O)O)CNS(=O)(=O)c1cc(Cl)sc1Cl. The van der Waals surface area contributed by atoms with Gasteiger partial charge in [0.25, 0.3) is 0 Å². The number of nitrogens with one attached hydrogen (secondary N) is 1. The summed E-state index contributed by atoms with van der Waals surface area (Å²) < 4.78 is 26.7. The summed E-state index contributed by atoms with van der Waals surface area (Å²) in [6.45, 7) is 1.92. The molecule has 0 aliphatic heterocycles. The van der Waals surface area contributed by atoms with Gasteiger partial charge in [0.1, 0.15) is 9.23 Å². The Morgan fingerprint density at radius 2 is 2.16 bits per heavy atom. The van der Waals surface area contributed by atoms with Crippen molar-refractivity contribution >= 4 is 50.5 Å². The molecular weight excluding hydrogens is 333 g/mol. The molecule has 1 atom stereocenters. The molecule has 0 radical (unpaired) electrons. The van der Waals surface area contributed by atoms with Gasteiger partial charge < -0.3 is 5.11 Å². The van der Waals surface area contributed by atoms with Crippen LogP contribution in [-0.4, -0.2) is 26.0 Å². The second-order valence-electron chi connectivity index (χ2n) is 4.08. The summed E-state index contributed by atoms with van der Waals surface area (Å²) in [4.78, 5) is 10.4. The van der Waals surface area contributed by atoms with Crippen molar-refractivity contribution in [3.8, 4) is 0 Å². The minimum Gasteiger partial charge on any atom is -0.481 e. The van der Waals surface area contributed by atoms with Crippen LogP contribution in [0.25, 0.3) is 0 Å². The average Bonchev–Trinajstić information content (AvgIpc) is 2.64. The largest absolute Gasteiger partial charge is 0.481 e. The summed E-state index contributed by atoms with van der Waals surface area (Å²) in [7, 11) is -3.71. The first-order chi connectivity index (χ1) is 8.72. The van der Waals surface area contributed by atoms with Crippen LogP contribution in [0.3, 0.4) is 0 Å². The molecule has 0 fully saturated rings. The van der Waals surface area contributed by atoms with Gasteiger partial charge in [-0.05, 0) is 18.4 Å². The summed E-state index contributed by atoms with van der Waals surface area (Å²) in [5, 5.41) is 8.54. The smallest absolute Gasteiger partial charge is 0.303 e. The summed E-state index contributed by atoms with van der Waals surface area (Å²) in [5.41, 5.74) is 0. The quantitative estimate of drug-likeness (QED) is 0.795. The van der Waals surface area contributed by atoms with Gasteiger partial charge in [0.15, 0.2) is 0 Å². The van der Waals surface area contributed by atoms with Crippen molar-refractivity contribution in [2.24, 2.45) is 5.92 Å². The molecule has 1 aromatic rings. The summed E-state index contributed by atoms with van der Waals surface area (Å²) in [6.07, 6.45) is 0.407. The van der Waals surface area contributed by atoms with E-state index in [1.54, 1.807) is 6.92 Å². The number of hydrogen-bond donors (Lipinski definition) is 2. The fraction of sp³-hybridized carbons (Fsp3) is 0.500. The van der Waals surface area contributed by atoms with Crippen LogP contribution < -0.4 is 4.72 Å². The van der Waals surface area contributed by atoms with Crippen LogP contribution in [0.15, 0.2) is 11.0 Å². The number of halogens is 2. The van der Waals surface area contributed by atoms with E-state index in [0.717, 1.165) is 11.3 Å². The molecule has 0 aliphatic carbocycles. The van der Waals surface area contributed by atoms with E-state index in [-0.39, 0.29) is 28.1 Å². The van der Waals surface area contributed by atoms with E-state index < -0.39 is 16.0 Å². The Kier molecular flexibility index (Phi) is 6.07. The van der Waals surface area contributed by atoms with E-state index in [4.69, 9.17) is 28.3 Å². The Morgan fingerprint density at radius 3 is 2.63 bits per heavy atom. The molecule has 2 N–H and O–H groups in total. The molecule has 0 spiro atoms. The zero-order valence-corrected chi connectivity index (χ0v) is 13.2. The molecule has 0 bridgehead atoms. The van der Waals surface area contributed by atoms with E-state index >= 15 is 0 Å². The van der Waals surface area contributed by atoms with E-state index in [1.165, 1.54) is 6.07 Å². The van der Waals surface area contributed by atoms with Gasteiger partial charge in [-0.2, -0.15) is 0 Å². The summed E-state index contributed by atoms with van der Waals surface area (Å²) >= 11 is 12.5. The molecule has 9 heteroatoms. The van der Waals surface area contributed by atoms with E-state index in [0.29, 0.717) is 10.8 Å². The molecule has 1 rings (SSSR count). The topological polar surface area (TPSA) is 83.5 Å². The second kappa shape index (κ2) is 6.90. The molecule has 0 aromatic carbocycles. The van der Waals surface area contributed by atoms with Crippen molar-refractivity contribution in [1.29, 1.82) is 0 Å². The number of aliphatic carboxylic acids is 1. The Labute approximate surface area is 125 Å². The molecule has 1 heterocycles. The maximum Gasteiger partial charge on any atom is 0.303 e.